The maximum Gasteiger partial charge on any atom is 0.573 e. The second-order valence-electron chi connectivity index (χ2n) is 9.90. The Morgan fingerprint density at radius 1 is 1.00 bits per heavy atom. The van der Waals surface area contributed by atoms with Crippen LogP contribution in [0.4, 0.5) is 36.8 Å². The number of benzene rings is 3. The average Bonchev–Trinajstić information content (AvgIpc) is 3.63. The van der Waals surface area contributed by atoms with E-state index in [1.54, 1.807) is 31.2 Å². The second kappa shape index (κ2) is 13.7. The summed E-state index contributed by atoms with van der Waals surface area (Å²) in [6.07, 6.45) is -8.64. The van der Waals surface area contributed by atoms with E-state index in [-0.39, 0.29) is 34.7 Å². The van der Waals surface area contributed by atoms with Crippen molar-refractivity contribution in [3.63, 3.8) is 0 Å². The molecule has 0 bridgehead atoms. The van der Waals surface area contributed by atoms with Gasteiger partial charge in [0.15, 0.2) is 17.6 Å². The quantitative estimate of drug-likeness (QED) is 0.176. The minimum absolute atomic E-state index is 0.0312. The summed E-state index contributed by atoms with van der Waals surface area (Å²) in [7, 11) is 0. The standard InChI is InChI=1S/C30H23F6N5O5S/c1-18-2-11-24(45-16-29(31,32)33)23(14-18)41-25(42)15-47-27(41)38-28(43)44-13-12-19-3-5-20(6-4-19)26-37-17-40(39-26)21-7-9-22(10-8-21)46-30(34,35)36/h2-11,14,17H,12-13,15-16H2,1H3/b38-27-. The number of anilines is 1. The van der Waals surface area contributed by atoms with Gasteiger partial charge < -0.3 is 14.2 Å². The molecular weight excluding hydrogens is 656 g/mol. The monoisotopic (exact) mass is 679 g/mol. The molecule has 1 saturated heterocycles. The molecule has 0 N–H and O–H groups in total. The summed E-state index contributed by atoms with van der Waals surface area (Å²) in [5.74, 6) is -0.760. The lowest BCUT2D eigenvalue weighted by Gasteiger charge is -2.20. The number of rotatable bonds is 9. The van der Waals surface area contributed by atoms with Gasteiger partial charge in [0.05, 0.1) is 23.7 Å². The van der Waals surface area contributed by atoms with Crippen molar-refractivity contribution < 1.29 is 50.1 Å². The molecule has 47 heavy (non-hydrogen) atoms. The van der Waals surface area contributed by atoms with Crippen molar-refractivity contribution in [2.24, 2.45) is 4.99 Å². The number of aliphatic imine (C=N–C) groups is 1. The number of aromatic nitrogens is 3. The Bertz CT molecular complexity index is 1780. The number of aryl methyl sites for hydroxylation is 1. The number of thioether (sulfide) groups is 1. The number of hydrogen-bond acceptors (Lipinski definition) is 8. The van der Waals surface area contributed by atoms with Crippen LogP contribution in [0.25, 0.3) is 17.1 Å². The third kappa shape index (κ3) is 9.02. The summed E-state index contributed by atoms with van der Waals surface area (Å²) in [6.45, 7) is 0.0716. The highest BCUT2D eigenvalue weighted by atomic mass is 32.2. The fourth-order valence-corrected chi connectivity index (χ4v) is 5.12. The summed E-state index contributed by atoms with van der Waals surface area (Å²) >= 11 is 0.940. The normalized spacial score (nSPS) is 14.5. The number of carbonyl (C=O) groups excluding carboxylic acids is 2. The molecular formula is C30H23F6N5O5S. The van der Waals surface area contributed by atoms with E-state index in [0.717, 1.165) is 34.4 Å². The van der Waals surface area contributed by atoms with Gasteiger partial charge in [0, 0.05) is 12.0 Å². The minimum atomic E-state index is -4.79. The van der Waals surface area contributed by atoms with Gasteiger partial charge in [0.2, 0.25) is 5.91 Å². The molecule has 10 nitrogen and oxygen atoms in total. The molecule has 1 aliphatic rings. The number of ether oxygens (including phenoxy) is 3. The number of halogens is 6. The lowest BCUT2D eigenvalue weighted by Crippen LogP contribution is -2.31. The van der Waals surface area contributed by atoms with E-state index in [1.807, 2.05) is 0 Å². The molecule has 5 rings (SSSR count). The van der Waals surface area contributed by atoms with Gasteiger partial charge in [-0.2, -0.15) is 18.2 Å². The lowest BCUT2D eigenvalue weighted by molar-refractivity contribution is -0.274. The van der Waals surface area contributed by atoms with Gasteiger partial charge in [-0.25, -0.2) is 14.5 Å². The zero-order valence-electron chi connectivity index (χ0n) is 24.2. The number of alkyl halides is 6. The first-order chi connectivity index (χ1) is 22.2. The average molecular weight is 680 g/mol. The van der Waals surface area contributed by atoms with Crippen molar-refractivity contribution in [1.82, 2.24) is 14.8 Å². The fourth-order valence-electron chi connectivity index (χ4n) is 4.27. The molecule has 2 heterocycles. The van der Waals surface area contributed by atoms with Gasteiger partial charge in [-0.1, -0.05) is 42.1 Å². The number of amidine groups is 1. The van der Waals surface area contributed by atoms with Crippen LogP contribution in [0, 0.1) is 6.92 Å². The van der Waals surface area contributed by atoms with Gasteiger partial charge in [-0.15, -0.1) is 18.3 Å². The van der Waals surface area contributed by atoms with E-state index >= 15 is 0 Å². The van der Waals surface area contributed by atoms with Crippen molar-refractivity contribution in [2.45, 2.75) is 25.9 Å². The summed E-state index contributed by atoms with van der Waals surface area (Å²) < 4.78 is 90.9. The van der Waals surface area contributed by atoms with Crippen molar-refractivity contribution in [3.8, 4) is 28.6 Å². The van der Waals surface area contributed by atoms with Gasteiger partial charge in [0.1, 0.15) is 17.8 Å². The van der Waals surface area contributed by atoms with E-state index in [1.165, 1.54) is 41.3 Å². The first-order valence-corrected chi connectivity index (χ1v) is 14.6. The van der Waals surface area contributed by atoms with Crippen molar-refractivity contribution in [3.05, 3.63) is 84.2 Å². The Labute approximate surface area is 267 Å². The van der Waals surface area contributed by atoms with Crippen LogP contribution in [-0.2, 0) is 16.0 Å². The van der Waals surface area contributed by atoms with Crippen LogP contribution in [0.15, 0.2) is 78.0 Å². The van der Waals surface area contributed by atoms with Gasteiger partial charge in [-0.05, 0) is 54.4 Å². The molecule has 0 spiro atoms. The molecule has 246 valence electrons. The Hall–Kier alpha value is -5.06. The predicted molar refractivity (Wildman–Crippen MR) is 159 cm³/mol. The molecule has 0 saturated carbocycles. The van der Waals surface area contributed by atoms with E-state index in [2.05, 4.69) is 19.8 Å². The molecule has 0 radical (unpaired) electrons. The molecule has 2 amide bonds. The highest BCUT2D eigenvalue weighted by molar-refractivity contribution is 8.15. The number of amides is 2. The first-order valence-electron chi connectivity index (χ1n) is 13.6. The third-order valence-corrected chi connectivity index (χ3v) is 7.28. The highest BCUT2D eigenvalue weighted by Crippen LogP contribution is 2.36. The Morgan fingerprint density at radius 2 is 1.72 bits per heavy atom. The van der Waals surface area contributed by atoms with Crippen molar-refractivity contribution in [1.29, 1.82) is 0 Å². The molecule has 3 aromatic carbocycles. The van der Waals surface area contributed by atoms with Gasteiger partial charge in [0.25, 0.3) is 0 Å². The summed E-state index contributed by atoms with van der Waals surface area (Å²) in [5.41, 5.74) is 2.61. The largest absolute Gasteiger partial charge is 0.573 e. The molecule has 1 aromatic heterocycles. The SMILES string of the molecule is Cc1ccc(OCC(F)(F)F)c(N2C(=O)CS/C2=N\C(=O)OCCc2ccc(-c3ncn(-c4ccc(OC(F)(F)F)cc4)n3)cc2)c1. The summed E-state index contributed by atoms with van der Waals surface area (Å²) in [6, 6.07) is 16.5. The molecule has 1 fully saturated rings. The molecule has 4 aromatic rings. The zero-order chi connectivity index (χ0) is 33.8. The highest BCUT2D eigenvalue weighted by Gasteiger charge is 2.35. The Kier molecular flexibility index (Phi) is 9.74. The zero-order valence-corrected chi connectivity index (χ0v) is 25.0. The second-order valence-corrected chi connectivity index (χ2v) is 10.8. The smallest absolute Gasteiger partial charge is 0.482 e. The summed E-state index contributed by atoms with van der Waals surface area (Å²) in [5, 5.41) is 4.30. The maximum atomic E-state index is 12.8. The predicted octanol–water partition coefficient (Wildman–Crippen LogP) is 6.90. The number of nitrogens with zero attached hydrogens (tertiary/aromatic N) is 5. The topological polar surface area (TPSA) is 108 Å². The molecule has 0 aliphatic carbocycles. The van der Waals surface area contributed by atoms with E-state index in [9.17, 15) is 35.9 Å². The Morgan fingerprint density at radius 3 is 2.40 bits per heavy atom. The van der Waals surface area contributed by atoms with Crippen LogP contribution in [0.2, 0.25) is 0 Å². The van der Waals surface area contributed by atoms with Crippen LogP contribution in [-0.4, -0.2) is 63.4 Å². The van der Waals surface area contributed by atoms with E-state index < -0.39 is 31.1 Å². The van der Waals surface area contributed by atoms with Crippen molar-refractivity contribution in [2.75, 3.05) is 23.9 Å². The van der Waals surface area contributed by atoms with Crippen LogP contribution < -0.4 is 14.4 Å². The number of hydrogen-bond donors (Lipinski definition) is 0. The number of carbonyl (C=O) groups is 2. The van der Waals surface area contributed by atoms with E-state index in [0.29, 0.717) is 29.1 Å². The maximum absolute atomic E-state index is 12.8. The molecule has 0 atom stereocenters. The fraction of sp³-hybridized carbons (Fsp3) is 0.233. The summed E-state index contributed by atoms with van der Waals surface area (Å²) in [4.78, 5) is 34.3. The molecule has 0 unspecified atom stereocenters. The Balaban J connectivity index is 1.17. The van der Waals surface area contributed by atoms with Crippen LogP contribution in [0.1, 0.15) is 11.1 Å². The van der Waals surface area contributed by atoms with Crippen LogP contribution >= 0.6 is 11.8 Å². The van der Waals surface area contributed by atoms with Crippen molar-refractivity contribution >= 4 is 34.6 Å². The van der Waals surface area contributed by atoms with Gasteiger partial charge in [-0.3, -0.25) is 9.69 Å². The lowest BCUT2D eigenvalue weighted by atomic mass is 10.1. The van der Waals surface area contributed by atoms with Crippen LogP contribution in [0.3, 0.4) is 0 Å². The molecule has 1 aliphatic heterocycles. The molecule has 17 heteroatoms. The first kappa shape index (κ1) is 33.3. The van der Waals surface area contributed by atoms with Crippen LogP contribution in [0.5, 0.6) is 11.5 Å². The third-order valence-electron chi connectivity index (χ3n) is 6.35. The van der Waals surface area contributed by atoms with Gasteiger partial charge >= 0.3 is 18.6 Å². The minimum Gasteiger partial charge on any atom is -0.482 e. The van der Waals surface area contributed by atoms with E-state index in [4.69, 9.17) is 9.47 Å².